The first kappa shape index (κ1) is 17.1. The van der Waals surface area contributed by atoms with E-state index in [1.54, 1.807) is 18.2 Å². The standard InChI is InChI=1S/C15H25NO3S/c1-5-14(17)12-8-7-9-13(10-12)20(18,19)16-11-15(3,4)6-2/h7-10,14,16-17H,5-6,11H2,1-4H3. The molecule has 1 rings (SSSR count). The third-order valence-electron chi connectivity index (χ3n) is 3.64. The number of nitrogens with one attached hydrogen (secondary N) is 1. The minimum Gasteiger partial charge on any atom is -0.388 e. The van der Waals surface area contributed by atoms with Crippen LogP contribution >= 0.6 is 0 Å². The lowest BCUT2D eigenvalue weighted by Gasteiger charge is -2.23. The second kappa shape index (κ2) is 6.70. The van der Waals surface area contributed by atoms with E-state index in [1.165, 1.54) is 6.07 Å². The summed E-state index contributed by atoms with van der Waals surface area (Å²) < 4.78 is 27.2. The van der Waals surface area contributed by atoms with Crippen molar-refractivity contribution < 1.29 is 13.5 Å². The molecule has 0 amide bonds. The molecule has 1 aromatic carbocycles. The van der Waals surface area contributed by atoms with Crippen molar-refractivity contribution in [3.8, 4) is 0 Å². The summed E-state index contributed by atoms with van der Waals surface area (Å²) in [5, 5.41) is 9.80. The molecule has 0 fully saturated rings. The molecule has 1 atom stereocenters. The lowest BCUT2D eigenvalue weighted by molar-refractivity contribution is 0.173. The van der Waals surface area contributed by atoms with Gasteiger partial charge in [0.05, 0.1) is 11.0 Å². The van der Waals surface area contributed by atoms with Gasteiger partial charge in [-0.15, -0.1) is 0 Å². The van der Waals surface area contributed by atoms with Crippen LogP contribution in [0.5, 0.6) is 0 Å². The van der Waals surface area contributed by atoms with Gasteiger partial charge in [-0.3, -0.25) is 0 Å². The summed E-state index contributed by atoms with van der Waals surface area (Å²) in [7, 11) is -3.53. The van der Waals surface area contributed by atoms with E-state index in [9.17, 15) is 13.5 Å². The summed E-state index contributed by atoms with van der Waals surface area (Å²) in [6.45, 7) is 8.33. The van der Waals surface area contributed by atoms with Crippen molar-refractivity contribution in [2.45, 2.75) is 51.5 Å². The highest BCUT2D eigenvalue weighted by atomic mass is 32.2. The lowest BCUT2D eigenvalue weighted by Crippen LogP contribution is -2.33. The van der Waals surface area contributed by atoms with E-state index in [1.807, 2.05) is 27.7 Å². The van der Waals surface area contributed by atoms with Crippen LogP contribution in [-0.4, -0.2) is 20.1 Å². The highest BCUT2D eigenvalue weighted by Gasteiger charge is 2.21. The average molecular weight is 299 g/mol. The highest BCUT2D eigenvalue weighted by molar-refractivity contribution is 7.89. The Labute approximate surface area is 122 Å². The Balaban J connectivity index is 2.93. The van der Waals surface area contributed by atoms with E-state index < -0.39 is 16.1 Å². The number of aliphatic hydroxyl groups is 1. The topological polar surface area (TPSA) is 66.4 Å². The van der Waals surface area contributed by atoms with Crippen molar-refractivity contribution in [1.82, 2.24) is 4.72 Å². The van der Waals surface area contributed by atoms with Crippen molar-refractivity contribution >= 4 is 10.0 Å². The van der Waals surface area contributed by atoms with E-state index >= 15 is 0 Å². The highest BCUT2D eigenvalue weighted by Crippen LogP contribution is 2.22. The van der Waals surface area contributed by atoms with Crippen molar-refractivity contribution in [2.24, 2.45) is 5.41 Å². The number of hydrogen-bond donors (Lipinski definition) is 2. The summed E-state index contributed by atoms with van der Waals surface area (Å²) in [6, 6.07) is 6.49. The molecule has 114 valence electrons. The quantitative estimate of drug-likeness (QED) is 0.813. The molecule has 1 unspecified atom stereocenters. The van der Waals surface area contributed by atoms with E-state index in [4.69, 9.17) is 0 Å². The Hall–Kier alpha value is -0.910. The zero-order chi connectivity index (χ0) is 15.4. The zero-order valence-corrected chi connectivity index (χ0v) is 13.5. The monoisotopic (exact) mass is 299 g/mol. The third kappa shape index (κ3) is 4.58. The molecular weight excluding hydrogens is 274 g/mol. The predicted octanol–water partition coefficient (Wildman–Crippen LogP) is 2.84. The van der Waals surface area contributed by atoms with Crippen LogP contribution in [0.3, 0.4) is 0 Å². The maximum Gasteiger partial charge on any atom is 0.240 e. The van der Waals surface area contributed by atoms with Gasteiger partial charge in [-0.05, 0) is 36.0 Å². The van der Waals surface area contributed by atoms with Crippen LogP contribution in [0.15, 0.2) is 29.2 Å². The van der Waals surface area contributed by atoms with E-state index in [-0.39, 0.29) is 10.3 Å². The minimum absolute atomic E-state index is 0.0758. The molecule has 0 aliphatic carbocycles. The molecule has 0 heterocycles. The number of sulfonamides is 1. The minimum atomic E-state index is -3.53. The summed E-state index contributed by atoms with van der Waals surface area (Å²) in [5.74, 6) is 0. The number of hydrogen-bond acceptors (Lipinski definition) is 3. The van der Waals surface area contributed by atoms with Gasteiger partial charge in [-0.1, -0.05) is 39.8 Å². The first-order valence-corrected chi connectivity index (χ1v) is 8.48. The Morgan fingerprint density at radius 3 is 2.50 bits per heavy atom. The summed E-state index contributed by atoms with van der Waals surface area (Å²) in [4.78, 5) is 0.203. The molecule has 0 saturated carbocycles. The first-order valence-electron chi connectivity index (χ1n) is 6.99. The molecule has 2 N–H and O–H groups in total. The lowest BCUT2D eigenvalue weighted by atomic mass is 9.91. The van der Waals surface area contributed by atoms with Gasteiger partial charge in [0.1, 0.15) is 0 Å². The average Bonchev–Trinajstić information content (AvgIpc) is 2.45. The molecule has 0 bridgehead atoms. The molecule has 0 saturated heterocycles. The van der Waals surface area contributed by atoms with Crippen LogP contribution in [0.1, 0.15) is 52.2 Å². The van der Waals surface area contributed by atoms with Gasteiger partial charge in [0.25, 0.3) is 0 Å². The maximum absolute atomic E-state index is 12.3. The fraction of sp³-hybridized carbons (Fsp3) is 0.600. The summed E-state index contributed by atoms with van der Waals surface area (Å²) in [5.41, 5.74) is 0.554. The van der Waals surface area contributed by atoms with Gasteiger partial charge in [0, 0.05) is 6.54 Å². The molecule has 0 aromatic heterocycles. The second-order valence-corrected chi connectivity index (χ2v) is 7.61. The Morgan fingerprint density at radius 2 is 1.95 bits per heavy atom. The number of aliphatic hydroxyl groups excluding tert-OH is 1. The molecule has 0 aliphatic heterocycles. The first-order chi connectivity index (χ1) is 9.22. The van der Waals surface area contributed by atoms with Crippen LogP contribution in [-0.2, 0) is 10.0 Å². The fourth-order valence-corrected chi connectivity index (χ4v) is 2.92. The smallest absolute Gasteiger partial charge is 0.240 e. The van der Waals surface area contributed by atoms with E-state index in [0.29, 0.717) is 18.5 Å². The third-order valence-corrected chi connectivity index (χ3v) is 5.04. The van der Waals surface area contributed by atoms with Crippen molar-refractivity contribution in [2.75, 3.05) is 6.54 Å². The SMILES string of the molecule is CCC(O)c1cccc(S(=O)(=O)NCC(C)(C)CC)c1. The van der Waals surface area contributed by atoms with Crippen LogP contribution in [0, 0.1) is 5.41 Å². The normalized spacial score (nSPS) is 14.2. The Bertz CT molecular complexity index is 538. The summed E-state index contributed by atoms with van der Waals surface area (Å²) in [6.07, 6.45) is 0.821. The molecule has 20 heavy (non-hydrogen) atoms. The molecule has 4 nitrogen and oxygen atoms in total. The Morgan fingerprint density at radius 1 is 1.30 bits per heavy atom. The van der Waals surface area contributed by atoms with Crippen molar-refractivity contribution in [3.63, 3.8) is 0 Å². The van der Waals surface area contributed by atoms with Gasteiger partial charge < -0.3 is 5.11 Å². The van der Waals surface area contributed by atoms with Gasteiger partial charge >= 0.3 is 0 Å². The van der Waals surface area contributed by atoms with Crippen molar-refractivity contribution in [1.29, 1.82) is 0 Å². The largest absolute Gasteiger partial charge is 0.388 e. The van der Waals surface area contributed by atoms with Gasteiger partial charge in [-0.2, -0.15) is 0 Å². The van der Waals surface area contributed by atoms with Gasteiger partial charge in [0.2, 0.25) is 10.0 Å². The predicted molar refractivity (Wildman–Crippen MR) is 81.0 cm³/mol. The number of benzene rings is 1. The Kier molecular flexibility index (Phi) is 5.74. The number of rotatable bonds is 7. The second-order valence-electron chi connectivity index (χ2n) is 5.84. The van der Waals surface area contributed by atoms with Crippen LogP contribution < -0.4 is 4.72 Å². The molecule has 0 spiro atoms. The van der Waals surface area contributed by atoms with E-state index in [2.05, 4.69) is 4.72 Å². The van der Waals surface area contributed by atoms with Crippen LogP contribution in [0.2, 0.25) is 0 Å². The van der Waals surface area contributed by atoms with Crippen LogP contribution in [0.4, 0.5) is 0 Å². The molecule has 0 aliphatic rings. The van der Waals surface area contributed by atoms with Crippen LogP contribution in [0.25, 0.3) is 0 Å². The van der Waals surface area contributed by atoms with Gasteiger partial charge in [-0.25, -0.2) is 13.1 Å². The maximum atomic E-state index is 12.3. The summed E-state index contributed by atoms with van der Waals surface area (Å²) >= 11 is 0. The molecular formula is C15H25NO3S. The molecule has 0 radical (unpaired) electrons. The van der Waals surface area contributed by atoms with E-state index in [0.717, 1.165) is 6.42 Å². The zero-order valence-electron chi connectivity index (χ0n) is 12.7. The fourth-order valence-electron chi connectivity index (χ4n) is 1.62. The van der Waals surface area contributed by atoms with Crippen molar-refractivity contribution in [3.05, 3.63) is 29.8 Å². The van der Waals surface area contributed by atoms with Gasteiger partial charge in [0.15, 0.2) is 0 Å². The molecule has 1 aromatic rings. The molecule has 5 heteroatoms.